The molecular formula is C24H23N3O2. The van der Waals surface area contributed by atoms with Crippen LogP contribution in [0.5, 0.6) is 0 Å². The lowest BCUT2D eigenvalue weighted by molar-refractivity contribution is -0.127. The predicted octanol–water partition coefficient (Wildman–Crippen LogP) is 4.03. The van der Waals surface area contributed by atoms with Crippen molar-refractivity contribution in [1.82, 2.24) is 14.9 Å². The Hall–Kier alpha value is -3.21. The van der Waals surface area contributed by atoms with Crippen molar-refractivity contribution in [3.05, 3.63) is 83.9 Å². The van der Waals surface area contributed by atoms with Crippen molar-refractivity contribution in [2.45, 2.75) is 38.1 Å². The molecule has 0 radical (unpaired) electrons. The highest BCUT2D eigenvalue weighted by atomic mass is 16.2. The van der Waals surface area contributed by atoms with Crippen molar-refractivity contribution in [1.29, 1.82) is 0 Å². The summed E-state index contributed by atoms with van der Waals surface area (Å²) in [6.07, 6.45) is 7.19. The number of carbonyl (C=O) groups is 2. The van der Waals surface area contributed by atoms with Gasteiger partial charge in [-0.1, -0.05) is 48.5 Å². The smallest absolute Gasteiger partial charge is 0.227 e. The number of fused-ring (bicyclic) bond motifs is 3. The van der Waals surface area contributed by atoms with E-state index in [1.54, 1.807) is 6.20 Å². The number of hydrogen-bond acceptors (Lipinski definition) is 3. The van der Waals surface area contributed by atoms with Gasteiger partial charge < -0.3 is 9.88 Å². The summed E-state index contributed by atoms with van der Waals surface area (Å²) in [5, 5.41) is 3.22. The minimum Gasteiger partial charge on any atom is -0.346 e. The van der Waals surface area contributed by atoms with E-state index in [1.165, 1.54) is 5.56 Å². The largest absolute Gasteiger partial charge is 0.346 e. The average Bonchev–Trinajstić information content (AvgIpc) is 3.41. The SMILES string of the molecule is O=C(CC1(C(=O)N[C@@H]2CCc3ccccc3-n3ccnc32)CC1)c1ccccc1. The number of rotatable bonds is 5. The number of nitrogens with zero attached hydrogens (tertiary/aromatic N) is 2. The number of nitrogens with one attached hydrogen (secondary N) is 1. The van der Waals surface area contributed by atoms with Gasteiger partial charge in [-0.15, -0.1) is 0 Å². The lowest BCUT2D eigenvalue weighted by Crippen LogP contribution is -2.37. The van der Waals surface area contributed by atoms with Crippen molar-refractivity contribution in [3.8, 4) is 5.69 Å². The third-order valence-corrected chi connectivity index (χ3v) is 6.17. The Morgan fingerprint density at radius 2 is 1.83 bits per heavy atom. The van der Waals surface area contributed by atoms with Gasteiger partial charge in [0.2, 0.25) is 5.91 Å². The summed E-state index contributed by atoms with van der Waals surface area (Å²) >= 11 is 0. The molecular weight excluding hydrogens is 362 g/mol. The maximum atomic E-state index is 13.2. The van der Waals surface area contributed by atoms with Crippen molar-refractivity contribution in [3.63, 3.8) is 0 Å². The van der Waals surface area contributed by atoms with Crippen LogP contribution in [0.25, 0.3) is 5.69 Å². The van der Waals surface area contributed by atoms with Gasteiger partial charge in [0.05, 0.1) is 11.5 Å². The van der Waals surface area contributed by atoms with Crippen LogP contribution in [0.4, 0.5) is 0 Å². The number of benzene rings is 2. The molecule has 3 aromatic rings. The number of aromatic nitrogens is 2. The van der Waals surface area contributed by atoms with Gasteiger partial charge in [0.1, 0.15) is 5.82 Å². The number of imidazole rings is 1. The quantitative estimate of drug-likeness (QED) is 0.675. The maximum absolute atomic E-state index is 13.2. The second-order valence-corrected chi connectivity index (χ2v) is 8.10. The molecule has 1 amide bonds. The first kappa shape index (κ1) is 17.9. The van der Waals surface area contributed by atoms with Crippen LogP contribution in [0.1, 0.15) is 53.5 Å². The average molecular weight is 385 g/mol. The maximum Gasteiger partial charge on any atom is 0.227 e. The first-order valence-electron chi connectivity index (χ1n) is 10.2. The fourth-order valence-electron chi connectivity index (χ4n) is 4.28. The molecule has 0 bridgehead atoms. The van der Waals surface area contributed by atoms with Crippen LogP contribution in [-0.2, 0) is 11.2 Å². The van der Waals surface area contributed by atoms with Gasteiger partial charge in [0, 0.05) is 30.1 Å². The number of carbonyl (C=O) groups excluding carboxylic acids is 2. The van der Waals surface area contributed by atoms with Crippen molar-refractivity contribution >= 4 is 11.7 Å². The fraction of sp³-hybridized carbons (Fsp3) is 0.292. The topological polar surface area (TPSA) is 64.0 Å². The zero-order chi connectivity index (χ0) is 19.8. The summed E-state index contributed by atoms with van der Waals surface area (Å²) in [6.45, 7) is 0. The van der Waals surface area contributed by atoms with E-state index in [1.807, 2.05) is 48.7 Å². The highest BCUT2D eigenvalue weighted by molar-refractivity contribution is 6.00. The summed E-state index contributed by atoms with van der Waals surface area (Å²) in [7, 11) is 0. The molecule has 1 aliphatic heterocycles. The number of aryl methyl sites for hydroxylation is 1. The predicted molar refractivity (Wildman–Crippen MR) is 110 cm³/mol. The number of para-hydroxylation sites is 1. The summed E-state index contributed by atoms with van der Waals surface area (Å²) in [5.41, 5.74) is 2.48. The lowest BCUT2D eigenvalue weighted by Gasteiger charge is -2.21. The van der Waals surface area contributed by atoms with Gasteiger partial charge in [0.25, 0.3) is 0 Å². The Labute approximate surface area is 169 Å². The number of ketones is 1. The van der Waals surface area contributed by atoms with Crippen LogP contribution in [0.15, 0.2) is 67.0 Å². The molecule has 1 atom stereocenters. The summed E-state index contributed by atoms with van der Waals surface area (Å²) < 4.78 is 2.07. The summed E-state index contributed by atoms with van der Waals surface area (Å²) in [4.78, 5) is 30.4. The molecule has 5 rings (SSSR count). The summed E-state index contributed by atoms with van der Waals surface area (Å²) in [5.74, 6) is 0.869. The van der Waals surface area contributed by atoms with Crippen molar-refractivity contribution < 1.29 is 9.59 Å². The Bertz CT molecular complexity index is 1070. The molecule has 2 heterocycles. The van der Waals surface area contributed by atoms with E-state index >= 15 is 0 Å². The summed E-state index contributed by atoms with van der Waals surface area (Å²) in [6, 6.07) is 17.4. The first-order chi connectivity index (χ1) is 14.2. The van der Waals surface area contributed by atoms with Crippen LogP contribution in [0.2, 0.25) is 0 Å². The molecule has 1 N–H and O–H groups in total. The molecule has 5 heteroatoms. The van der Waals surface area contributed by atoms with Gasteiger partial charge in [-0.25, -0.2) is 4.98 Å². The Kier molecular flexibility index (Phi) is 4.31. The fourth-order valence-corrected chi connectivity index (χ4v) is 4.28. The number of amides is 1. The van der Waals surface area contributed by atoms with Crippen LogP contribution in [0, 0.1) is 5.41 Å². The van der Waals surface area contributed by atoms with E-state index in [0.29, 0.717) is 5.56 Å². The Morgan fingerprint density at radius 1 is 1.07 bits per heavy atom. The molecule has 146 valence electrons. The first-order valence-corrected chi connectivity index (χ1v) is 10.2. The van der Waals surface area contributed by atoms with E-state index < -0.39 is 5.41 Å². The number of Topliss-reactive ketones (excluding diaryl/α,β-unsaturated/α-hetero) is 1. The molecule has 1 aliphatic carbocycles. The van der Waals surface area contributed by atoms with E-state index in [0.717, 1.165) is 37.2 Å². The molecule has 1 saturated carbocycles. The Balaban J connectivity index is 1.34. The highest BCUT2D eigenvalue weighted by Crippen LogP contribution is 2.50. The second kappa shape index (κ2) is 6.99. The van der Waals surface area contributed by atoms with Crippen LogP contribution in [-0.4, -0.2) is 21.2 Å². The van der Waals surface area contributed by atoms with Crippen LogP contribution in [0.3, 0.4) is 0 Å². The Morgan fingerprint density at radius 3 is 2.62 bits per heavy atom. The van der Waals surface area contributed by atoms with Gasteiger partial charge in [0.15, 0.2) is 5.78 Å². The normalized spacial score (nSPS) is 18.8. The molecule has 1 fully saturated rings. The molecule has 0 saturated heterocycles. The van der Waals surface area contributed by atoms with E-state index in [2.05, 4.69) is 27.0 Å². The highest BCUT2D eigenvalue weighted by Gasteiger charge is 2.51. The second-order valence-electron chi connectivity index (χ2n) is 8.10. The third kappa shape index (κ3) is 3.27. The van der Waals surface area contributed by atoms with E-state index in [-0.39, 0.29) is 24.2 Å². The van der Waals surface area contributed by atoms with Gasteiger partial charge >= 0.3 is 0 Å². The minimum atomic E-state index is -0.566. The lowest BCUT2D eigenvalue weighted by atomic mass is 9.94. The van der Waals surface area contributed by atoms with E-state index in [4.69, 9.17) is 0 Å². The molecule has 1 aromatic heterocycles. The molecule has 2 aromatic carbocycles. The zero-order valence-electron chi connectivity index (χ0n) is 16.2. The number of hydrogen-bond donors (Lipinski definition) is 1. The van der Waals surface area contributed by atoms with Gasteiger partial charge in [-0.3, -0.25) is 9.59 Å². The molecule has 2 aliphatic rings. The van der Waals surface area contributed by atoms with Crippen molar-refractivity contribution in [2.24, 2.45) is 5.41 Å². The van der Waals surface area contributed by atoms with Crippen molar-refractivity contribution in [2.75, 3.05) is 0 Å². The monoisotopic (exact) mass is 385 g/mol. The van der Waals surface area contributed by atoms with Crippen LogP contribution >= 0.6 is 0 Å². The van der Waals surface area contributed by atoms with Gasteiger partial charge in [-0.2, -0.15) is 0 Å². The minimum absolute atomic E-state index is 0.0210. The van der Waals surface area contributed by atoms with Crippen LogP contribution < -0.4 is 5.32 Å². The van der Waals surface area contributed by atoms with E-state index in [9.17, 15) is 9.59 Å². The molecule has 5 nitrogen and oxygen atoms in total. The zero-order valence-corrected chi connectivity index (χ0v) is 16.2. The van der Waals surface area contributed by atoms with Gasteiger partial charge in [-0.05, 0) is 37.3 Å². The third-order valence-electron chi connectivity index (χ3n) is 6.17. The standard InChI is InChI=1S/C24H23N3O2/c28-21(18-7-2-1-3-8-18)16-24(12-13-24)23(29)26-19-11-10-17-6-4-5-9-20(17)27-15-14-25-22(19)27/h1-9,14-15,19H,10-13,16H2,(H,26,29)/t19-/m1/s1. The molecule has 0 spiro atoms. The molecule has 29 heavy (non-hydrogen) atoms. The molecule has 0 unspecified atom stereocenters.